The van der Waals surface area contributed by atoms with Crippen molar-refractivity contribution in [3.63, 3.8) is 0 Å². The zero-order valence-electron chi connectivity index (χ0n) is 28.8. The maximum atomic E-state index is 13.5. The fourth-order valence-electron chi connectivity index (χ4n) is 5.93. The third kappa shape index (κ3) is 9.86. The van der Waals surface area contributed by atoms with E-state index in [1.165, 1.54) is 10.9 Å². The summed E-state index contributed by atoms with van der Waals surface area (Å²) in [6.07, 6.45) is -6.30. The molecule has 0 spiro atoms. The van der Waals surface area contributed by atoms with Crippen molar-refractivity contribution >= 4 is 66.1 Å². The number of aliphatic imine (C=N–C) groups is 1. The van der Waals surface area contributed by atoms with Crippen molar-refractivity contribution in [3.05, 3.63) is 34.8 Å². The van der Waals surface area contributed by atoms with Crippen LogP contribution in [0.2, 0.25) is 0 Å². The molecule has 3 aliphatic heterocycles. The summed E-state index contributed by atoms with van der Waals surface area (Å²) in [7, 11) is -21.6. The topological polar surface area (TPSA) is 430 Å². The fraction of sp³-hybridized carbons (Fsp3) is 0.542. The molecule has 29 nitrogen and oxygen atoms in total. The van der Waals surface area contributed by atoms with Crippen LogP contribution in [0, 0.1) is 0 Å². The van der Waals surface area contributed by atoms with Crippen molar-refractivity contribution in [1.29, 1.82) is 0 Å². The molecule has 0 radical (unpaired) electrons. The van der Waals surface area contributed by atoms with E-state index >= 15 is 0 Å². The third-order valence-electron chi connectivity index (χ3n) is 8.28. The van der Waals surface area contributed by atoms with Gasteiger partial charge in [-0.05, 0) is 12.8 Å². The van der Waals surface area contributed by atoms with E-state index in [0.29, 0.717) is 12.8 Å². The zero-order chi connectivity index (χ0) is 41.7. The SMILES string of the molecule is CO[C@@H]1[C@H](OP(=O)(O)OC[C@H]2O[C@@H](n3cnc4c(=O)[nH]c(N)nc43)[C@H](O)[C@@H]2O)C(COP(=O)(O)OP(=O)(O)OP(=O)(O)O)O[C@H]1n1cnc2c1N=CCCC=C2N. The molecule has 0 saturated carbocycles. The molecule has 0 amide bonds. The number of fused-ring (bicyclic) bond motifs is 2. The molecule has 3 aromatic heterocycles. The molecular formula is C24H35N9O20P4. The molecule has 57 heavy (non-hydrogen) atoms. The van der Waals surface area contributed by atoms with E-state index in [2.05, 4.69) is 33.5 Å². The Morgan fingerprint density at radius 1 is 0.860 bits per heavy atom. The fourth-order valence-corrected chi connectivity index (χ4v) is 9.92. The summed E-state index contributed by atoms with van der Waals surface area (Å²) in [5.74, 6) is -0.166. The molecule has 0 bridgehead atoms. The Labute approximate surface area is 317 Å². The lowest BCUT2D eigenvalue weighted by molar-refractivity contribution is -0.0587. The maximum absolute atomic E-state index is 13.5. The highest BCUT2D eigenvalue weighted by molar-refractivity contribution is 7.66. The number of allylic oxidation sites excluding steroid dienone is 1. The van der Waals surface area contributed by atoms with Gasteiger partial charge in [-0.25, -0.2) is 33.2 Å². The number of phosphoric ester groups is 2. The maximum Gasteiger partial charge on any atom is 0.490 e. The van der Waals surface area contributed by atoms with E-state index in [9.17, 15) is 47.9 Å². The highest BCUT2D eigenvalue weighted by Crippen LogP contribution is 2.66. The van der Waals surface area contributed by atoms with Gasteiger partial charge in [0.1, 0.15) is 42.3 Å². The molecule has 2 saturated heterocycles. The second-order valence-electron chi connectivity index (χ2n) is 12.2. The molecule has 2 fully saturated rings. The number of hydrogen-bond acceptors (Lipinski definition) is 21. The van der Waals surface area contributed by atoms with E-state index in [1.807, 2.05) is 0 Å². The Morgan fingerprint density at radius 3 is 2.23 bits per heavy atom. The lowest BCUT2D eigenvalue weighted by Crippen LogP contribution is -2.38. The molecule has 0 aromatic carbocycles. The molecule has 3 aromatic rings. The van der Waals surface area contributed by atoms with Crippen LogP contribution in [0.25, 0.3) is 16.9 Å². The molecule has 33 heteroatoms. The van der Waals surface area contributed by atoms with Gasteiger partial charge < -0.3 is 60.4 Å². The monoisotopic (exact) mass is 893 g/mol. The van der Waals surface area contributed by atoms with E-state index in [1.54, 1.807) is 12.3 Å². The number of rotatable bonds is 15. The van der Waals surface area contributed by atoms with Gasteiger partial charge in [-0.1, -0.05) is 6.08 Å². The number of anilines is 1. The Kier molecular flexibility index (Phi) is 12.6. The molecule has 0 aliphatic carbocycles. The lowest BCUT2D eigenvalue weighted by atomic mass is 10.1. The highest BCUT2D eigenvalue weighted by atomic mass is 31.3. The number of nitrogen functional groups attached to an aromatic ring is 1. The average Bonchev–Trinajstić information content (AvgIpc) is 3.84. The molecule has 6 rings (SSSR count). The smallest absolute Gasteiger partial charge is 0.397 e. The largest absolute Gasteiger partial charge is 0.490 e. The number of nitrogens with two attached hydrogens (primary N) is 2. The van der Waals surface area contributed by atoms with Gasteiger partial charge >= 0.3 is 31.3 Å². The number of ether oxygens (including phenoxy) is 3. The van der Waals surface area contributed by atoms with Crippen LogP contribution in [0.5, 0.6) is 0 Å². The van der Waals surface area contributed by atoms with E-state index in [4.69, 9.17) is 49.0 Å². The number of aliphatic hydroxyl groups is 2. The van der Waals surface area contributed by atoms with E-state index in [-0.39, 0.29) is 34.3 Å². The summed E-state index contributed by atoms with van der Waals surface area (Å²) in [6.45, 7) is -2.10. The predicted molar refractivity (Wildman–Crippen MR) is 185 cm³/mol. The summed E-state index contributed by atoms with van der Waals surface area (Å²) in [5.41, 5.74) is 11.2. The molecule has 4 unspecified atom stereocenters. The molecule has 3 aliphatic rings. The number of aromatic amines is 1. The van der Waals surface area contributed by atoms with Gasteiger partial charge in [-0.15, -0.1) is 0 Å². The average molecular weight is 893 g/mol. The Hall–Kier alpha value is -3.11. The molecular weight excluding hydrogens is 858 g/mol. The van der Waals surface area contributed by atoms with Crippen molar-refractivity contribution in [3.8, 4) is 0 Å². The first-order valence-electron chi connectivity index (χ1n) is 16.0. The van der Waals surface area contributed by atoms with Gasteiger partial charge in [0.05, 0.1) is 31.6 Å². The van der Waals surface area contributed by atoms with Crippen LogP contribution in [0.4, 0.5) is 11.8 Å². The van der Waals surface area contributed by atoms with Gasteiger partial charge in [0.25, 0.3) is 5.56 Å². The number of methoxy groups -OCH3 is 1. The second kappa shape index (κ2) is 16.5. The summed E-state index contributed by atoms with van der Waals surface area (Å²) >= 11 is 0. The second-order valence-corrected chi connectivity index (χ2v) is 18.0. The summed E-state index contributed by atoms with van der Waals surface area (Å²) < 4.78 is 91.3. The minimum Gasteiger partial charge on any atom is -0.397 e. The first-order valence-corrected chi connectivity index (χ1v) is 22.0. The Bertz CT molecular complexity index is 2290. The van der Waals surface area contributed by atoms with Crippen LogP contribution in [-0.2, 0) is 54.7 Å². The normalized spacial score (nSPS) is 29.9. The predicted octanol–water partition coefficient (Wildman–Crippen LogP) is -1.23. The van der Waals surface area contributed by atoms with E-state index in [0.717, 1.165) is 18.0 Å². The zero-order valence-corrected chi connectivity index (χ0v) is 32.4. The van der Waals surface area contributed by atoms with Crippen molar-refractivity contribution in [1.82, 2.24) is 29.1 Å². The van der Waals surface area contributed by atoms with Crippen LogP contribution in [-0.4, -0.2) is 127 Å². The van der Waals surface area contributed by atoms with Crippen LogP contribution in [0.1, 0.15) is 31.0 Å². The summed E-state index contributed by atoms with van der Waals surface area (Å²) in [4.78, 5) is 79.2. The third-order valence-corrected chi connectivity index (χ3v) is 13.1. The summed E-state index contributed by atoms with van der Waals surface area (Å²) in [5, 5.41) is 21.5. The van der Waals surface area contributed by atoms with Crippen LogP contribution in [0.15, 0.2) is 28.5 Å². The van der Waals surface area contributed by atoms with Gasteiger partial charge in [0, 0.05) is 13.3 Å². The van der Waals surface area contributed by atoms with Gasteiger partial charge in [-0.3, -0.25) is 32.5 Å². The molecule has 11 atom stereocenters. The van der Waals surface area contributed by atoms with Crippen molar-refractivity contribution in [2.45, 2.75) is 61.9 Å². The van der Waals surface area contributed by atoms with Crippen LogP contribution >= 0.6 is 31.3 Å². The van der Waals surface area contributed by atoms with Gasteiger partial charge in [0.2, 0.25) is 5.95 Å². The van der Waals surface area contributed by atoms with Crippen molar-refractivity contribution in [2.24, 2.45) is 10.7 Å². The molecule has 316 valence electrons. The number of imidazole rings is 2. The first kappa shape index (κ1) is 43.5. The number of nitrogens with zero attached hydrogens (tertiary/aromatic N) is 6. The van der Waals surface area contributed by atoms with Crippen molar-refractivity contribution < 1.29 is 89.3 Å². The van der Waals surface area contributed by atoms with Gasteiger partial charge in [0.15, 0.2) is 29.4 Å². The number of aromatic nitrogens is 6. The standard InChI is InChI=1S/C24H35N9O20P4/c1-46-18-17(51-55(40,41)47-6-11-15(34)16(35)22(49-11)33-9-29-14-20(33)30-24(26)31-21(14)36)12(7-48-56(42,43)53-57(44,45)52-54(37,38)39)50-23(18)32-8-28-13-10(25)4-2-3-5-27-19(13)32/h4-5,8-9,11-12,15-18,22-23,34-35H,2-3,6-7,25H2,1H3,(H,40,41)(H,42,43)(H,44,45)(H2,37,38,39)(H3,26,30,31,36)/t11-,12?,15-,16-,17-,18-,22-,23-/m1/s1. The molecule has 6 heterocycles. The minimum absolute atomic E-state index is 0.122. The van der Waals surface area contributed by atoms with Crippen molar-refractivity contribution in [2.75, 3.05) is 26.1 Å². The highest BCUT2D eigenvalue weighted by Gasteiger charge is 2.53. The number of hydrogen-bond donors (Lipinski definition) is 10. The van der Waals surface area contributed by atoms with Gasteiger partial charge in [-0.2, -0.15) is 13.6 Å². The number of H-pyrrole nitrogens is 1. The van der Waals surface area contributed by atoms with E-state index < -0.39 is 99.1 Å². The number of phosphoric acid groups is 4. The first-order chi connectivity index (χ1) is 26.6. The number of nitrogens with one attached hydrogen (secondary N) is 1. The lowest BCUT2D eigenvalue weighted by Gasteiger charge is -2.26. The number of aliphatic hydroxyl groups excluding tert-OH is 2. The Morgan fingerprint density at radius 2 is 1.53 bits per heavy atom. The quantitative estimate of drug-likeness (QED) is 0.0799. The Balaban J connectivity index is 1.22. The molecule has 12 N–H and O–H groups in total. The van der Waals surface area contributed by atoms with Crippen LogP contribution < -0.4 is 17.0 Å². The summed E-state index contributed by atoms with van der Waals surface area (Å²) in [6, 6.07) is 0. The van der Waals surface area contributed by atoms with Crippen LogP contribution in [0.3, 0.4) is 0 Å². The minimum atomic E-state index is -5.94.